The predicted octanol–water partition coefficient (Wildman–Crippen LogP) is 4.82. The Balaban J connectivity index is 1.80. The number of aryl methyl sites for hydroxylation is 1. The number of benzene rings is 1. The molecule has 2 heterocycles. The monoisotopic (exact) mass is 347 g/mol. The van der Waals surface area contributed by atoms with Crippen LogP contribution in [0.15, 0.2) is 58.4 Å². The van der Waals surface area contributed by atoms with Gasteiger partial charge in [-0.25, -0.2) is 0 Å². The molecular weight excluding hydrogens is 326 g/mol. The van der Waals surface area contributed by atoms with Gasteiger partial charge in [0, 0.05) is 23.5 Å². The maximum Gasteiger partial charge on any atom is 0.142 e. The number of hydrogen-bond donors (Lipinski definition) is 0. The number of aromatic nitrogens is 1. The van der Waals surface area contributed by atoms with Crippen LogP contribution in [0.25, 0.3) is 22.5 Å². The van der Waals surface area contributed by atoms with Crippen molar-refractivity contribution in [3.8, 4) is 22.5 Å². The van der Waals surface area contributed by atoms with E-state index in [0.29, 0.717) is 0 Å². The number of nitroso groups, excluding NO2 is 1. The number of fused-ring (bicyclic) bond motifs is 1. The van der Waals surface area contributed by atoms with Gasteiger partial charge >= 0.3 is 0 Å². The standard InChI is InChI=1S/C21H21N3O2/c1-24(2)13-17-12-19(21(26-17)14-7-9-22-10-8-14)16-3-5-18-15(11-16)4-6-20(18)23-25/h3,5,7-12,20H,4,6,13H2,1-2H3. The van der Waals surface area contributed by atoms with E-state index in [2.05, 4.69) is 33.3 Å². The van der Waals surface area contributed by atoms with Gasteiger partial charge in [-0.1, -0.05) is 23.4 Å². The molecule has 4 rings (SSSR count). The van der Waals surface area contributed by atoms with E-state index in [1.54, 1.807) is 12.4 Å². The van der Waals surface area contributed by atoms with Crippen LogP contribution in [0.3, 0.4) is 0 Å². The normalized spacial score (nSPS) is 16.0. The molecule has 1 aliphatic carbocycles. The zero-order chi connectivity index (χ0) is 18.1. The third-order valence-corrected chi connectivity index (χ3v) is 4.83. The van der Waals surface area contributed by atoms with E-state index >= 15 is 0 Å². The molecule has 26 heavy (non-hydrogen) atoms. The van der Waals surface area contributed by atoms with Gasteiger partial charge in [-0.2, -0.15) is 4.91 Å². The first-order valence-corrected chi connectivity index (χ1v) is 8.79. The molecule has 5 nitrogen and oxygen atoms in total. The fourth-order valence-electron chi connectivity index (χ4n) is 3.64. The fraction of sp³-hybridized carbons (Fsp3) is 0.286. The first kappa shape index (κ1) is 16.7. The van der Waals surface area contributed by atoms with Gasteiger partial charge < -0.3 is 9.32 Å². The molecule has 1 aromatic carbocycles. The molecule has 0 fully saturated rings. The van der Waals surface area contributed by atoms with Crippen LogP contribution in [0, 0.1) is 4.91 Å². The van der Waals surface area contributed by atoms with Crippen LogP contribution in [0.2, 0.25) is 0 Å². The summed E-state index contributed by atoms with van der Waals surface area (Å²) >= 11 is 0. The van der Waals surface area contributed by atoms with Crippen molar-refractivity contribution in [1.82, 2.24) is 9.88 Å². The highest BCUT2D eigenvalue weighted by Crippen LogP contribution is 2.40. The van der Waals surface area contributed by atoms with Crippen molar-refractivity contribution >= 4 is 0 Å². The molecule has 0 amide bonds. The minimum Gasteiger partial charge on any atom is -0.459 e. The molecular formula is C21H21N3O2. The maximum absolute atomic E-state index is 11.0. The van der Waals surface area contributed by atoms with Gasteiger partial charge in [0.25, 0.3) is 0 Å². The van der Waals surface area contributed by atoms with Crippen molar-refractivity contribution in [2.24, 2.45) is 5.18 Å². The van der Waals surface area contributed by atoms with Gasteiger partial charge in [-0.3, -0.25) is 4.98 Å². The molecule has 3 aromatic rings. The smallest absolute Gasteiger partial charge is 0.142 e. The summed E-state index contributed by atoms with van der Waals surface area (Å²) in [6, 6.07) is 12.1. The molecule has 0 bridgehead atoms. The SMILES string of the molecule is CN(C)Cc1cc(-c2ccc3c(c2)CCC3N=O)c(-c2ccncc2)o1. The topological polar surface area (TPSA) is 58.7 Å². The van der Waals surface area contributed by atoms with Crippen molar-refractivity contribution in [3.05, 3.63) is 70.6 Å². The summed E-state index contributed by atoms with van der Waals surface area (Å²) in [5, 5.41) is 3.25. The average molecular weight is 347 g/mol. The van der Waals surface area contributed by atoms with Crippen LogP contribution >= 0.6 is 0 Å². The van der Waals surface area contributed by atoms with Crippen molar-refractivity contribution in [3.63, 3.8) is 0 Å². The highest BCUT2D eigenvalue weighted by molar-refractivity contribution is 5.80. The Bertz CT molecular complexity index is 932. The van der Waals surface area contributed by atoms with E-state index < -0.39 is 0 Å². The lowest BCUT2D eigenvalue weighted by Crippen LogP contribution is -2.09. The summed E-state index contributed by atoms with van der Waals surface area (Å²) in [5.74, 6) is 1.78. The summed E-state index contributed by atoms with van der Waals surface area (Å²) in [6.45, 7) is 0.736. The van der Waals surface area contributed by atoms with Crippen molar-refractivity contribution in [1.29, 1.82) is 0 Å². The first-order valence-electron chi connectivity index (χ1n) is 8.79. The Kier molecular flexibility index (Phi) is 4.39. The second kappa shape index (κ2) is 6.84. The Morgan fingerprint density at radius 3 is 2.69 bits per heavy atom. The summed E-state index contributed by atoms with van der Waals surface area (Å²) < 4.78 is 6.19. The Morgan fingerprint density at radius 2 is 1.96 bits per heavy atom. The molecule has 5 heteroatoms. The molecule has 0 saturated carbocycles. The van der Waals surface area contributed by atoms with E-state index in [1.807, 2.05) is 32.3 Å². The lowest BCUT2D eigenvalue weighted by molar-refractivity contribution is 0.353. The molecule has 0 N–H and O–H groups in total. The molecule has 2 aromatic heterocycles. The van der Waals surface area contributed by atoms with Crippen LogP contribution in [0.5, 0.6) is 0 Å². The molecule has 0 aliphatic heterocycles. The van der Waals surface area contributed by atoms with Crippen LogP contribution < -0.4 is 0 Å². The Labute approximate surface area is 152 Å². The molecule has 1 unspecified atom stereocenters. The first-order chi connectivity index (χ1) is 12.7. The van der Waals surface area contributed by atoms with Gasteiger partial charge in [0.2, 0.25) is 0 Å². The summed E-state index contributed by atoms with van der Waals surface area (Å²) in [4.78, 5) is 17.2. The third kappa shape index (κ3) is 3.06. The van der Waals surface area contributed by atoms with Crippen LogP contribution in [0.1, 0.15) is 29.3 Å². The van der Waals surface area contributed by atoms with Crippen LogP contribution in [-0.4, -0.2) is 24.0 Å². The number of furan rings is 1. The van der Waals surface area contributed by atoms with Crippen molar-refractivity contribution < 1.29 is 4.42 Å². The third-order valence-electron chi connectivity index (χ3n) is 4.83. The lowest BCUT2D eigenvalue weighted by atomic mass is 9.98. The summed E-state index contributed by atoms with van der Waals surface area (Å²) in [7, 11) is 4.05. The lowest BCUT2D eigenvalue weighted by Gasteiger charge is -2.07. The Morgan fingerprint density at radius 1 is 1.15 bits per heavy atom. The highest BCUT2D eigenvalue weighted by Gasteiger charge is 2.24. The van der Waals surface area contributed by atoms with Gasteiger partial charge in [-0.05, 0) is 61.8 Å². The fourth-order valence-corrected chi connectivity index (χ4v) is 3.64. The van der Waals surface area contributed by atoms with E-state index in [9.17, 15) is 4.91 Å². The minimum absolute atomic E-state index is 0.202. The second-order valence-electron chi connectivity index (χ2n) is 7.00. The van der Waals surface area contributed by atoms with E-state index in [4.69, 9.17) is 4.42 Å². The van der Waals surface area contributed by atoms with Gasteiger partial charge in [0.1, 0.15) is 17.6 Å². The molecule has 132 valence electrons. The quantitative estimate of drug-likeness (QED) is 0.621. The van der Waals surface area contributed by atoms with Crippen molar-refractivity contribution in [2.75, 3.05) is 14.1 Å². The largest absolute Gasteiger partial charge is 0.459 e. The predicted molar refractivity (Wildman–Crippen MR) is 102 cm³/mol. The average Bonchev–Trinajstić information content (AvgIpc) is 3.25. The van der Waals surface area contributed by atoms with Gasteiger partial charge in [0.05, 0.1) is 6.54 Å². The number of hydrogen-bond acceptors (Lipinski definition) is 5. The van der Waals surface area contributed by atoms with E-state index in [-0.39, 0.29) is 6.04 Å². The van der Waals surface area contributed by atoms with Crippen LogP contribution in [0.4, 0.5) is 0 Å². The molecule has 0 spiro atoms. The molecule has 0 saturated heterocycles. The summed E-state index contributed by atoms with van der Waals surface area (Å²) in [6.07, 6.45) is 5.25. The maximum atomic E-state index is 11.0. The number of nitrogens with zero attached hydrogens (tertiary/aromatic N) is 3. The minimum atomic E-state index is -0.202. The van der Waals surface area contributed by atoms with Gasteiger partial charge in [0.15, 0.2) is 0 Å². The second-order valence-corrected chi connectivity index (χ2v) is 7.00. The Hall–Kier alpha value is -2.79. The van der Waals surface area contributed by atoms with Crippen molar-refractivity contribution in [2.45, 2.75) is 25.4 Å². The number of pyridine rings is 1. The summed E-state index contributed by atoms with van der Waals surface area (Å²) in [5.41, 5.74) is 5.46. The highest BCUT2D eigenvalue weighted by atomic mass is 16.3. The van der Waals surface area contributed by atoms with Gasteiger partial charge in [-0.15, -0.1) is 0 Å². The zero-order valence-electron chi connectivity index (χ0n) is 15.0. The van der Waals surface area contributed by atoms with Crippen LogP contribution in [-0.2, 0) is 13.0 Å². The molecule has 1 atom stereocenters. The number of rotatable bonds is 5. The van der Waals surface area contributed by atoms with E-state index in [0.717, 1.165) is 53.2 Å². The zero-order valence-corrected chi connectivity index (χ0v) is 15.0. The van der Waals surface area contributed by atoms with E-state index in [1.165, 1.54) is 5.56 Å². The molecule has 0 radical (unpaired) electrons. The molecule has 1 aliphatic rings.